The lowest BCUT2D eigenvalue weighted by Crippen LogP contribution is -2.44. The minimum atomic E-state index is -5.56. The van der Waals surface area contributed by atoms with Crippen LogP contribution < -0.4 is 5.73 Å². The summed E-state index contributed by atoms with van der Waals surface area (Å²) in [7, 11) is -11.1. The molecule has 3 heterocycles. The highest BCUT2D eigenvalue weighted by atomic mass is 31.2. The summed E-state index contributed by atoms with van der Waals surface area (Å²) >= 11 is 0. The average Bonchev–Trinajstić information content (AvgIpc) is 3.08. The molecule has 3 rings (SSSR count). The van der Waals surface area contributed by atoms with Crippen molar-refractivity contribution in [2.45, 2.75) is 36.1 Å². The number of aliphatic hydroxyl groups excluding tert-OH is 2. The fraction of sp³-hybridized carbons (Fsp3) is 0.545. The maximum Gasteiger partial charge on any atom is 0.343 e. The summed E-state index contributed by atoms with van der Waals surface area (Å²) in [5, 5.41) is 17.3. The number of imidazole rings is 1. The predicted octanol–water partition coefficient (Wildman–Crippen LogP) is -1.95. The van der Waals surface area contributed by atoms with Crippen LogP contribution in [0.4, 0.5) is 10.2 Å². The van der Waals surface area contributed by atoms with Crippen molar-refractivity contribution in [1.29, 1.82) is 0 Å². The number of fused-ring (bicyclic) bond motifs is 1. The minimum absolute atomic E-state index is 0.00372. The molecule has 0 saturated carbocycles. The standard InChI is InChI=1S/C11H16FN5O9P2/c12-3-5(18)7(6(19)11(27(20,21)22)28(23,24)25)26-10(3)17-2-16-4-8(13)14-1-15-9(4)17/h1-3,5-7,10-11,18-19H,(H2,13,14,15)(H2,20,21,22)(H2,23,24,25)/t3?,5?,6?,7-,10+/m0/s1. The summed E-state index contributed by atoms with van der Waals surface area (Å²) in [6.07, 6.45) is -8.66. The average molecular weight is 443 g/mol. The highest BCUT2D eigenvalue weighted by Gasteiger charge is 2.57. The molecule has 28 heavy (non-hydrogen) atoms. The van der Waals surface area contributed by atoms with Crippen LogP contribution in [0.1, 0.15) is 6.23 Å². The van der Waals surface area contributed by atoms with E-state index >= 15 is 0 Å². The van der Waals surface area contributed by atoms with Gasteiger partial charge in [-0.2, -0.15) is 0 Å². The van der Waals surface area contributed by atoms with Crippen molar-refractivity contribution >= 4 is 32.2 Å². The topological polar surface area (TPSA) is 234 Å². The van der Waals surface area contributed by atoms with Crippen molar-refractivity contribution in [2.24, 2.45) is 0 Å². The van der Waals surface area contributed by atoms with E-state index in [1.54, 1.807) is 0 Å². The lowest BCUT2D eigenvalue weighted by Gasteiger charge is -2.29. The van der Waals surface area contributed by atoms with Gasteiger partial charge in [0, 0.05) is 0 Å². The lowest BCUT2D eigenvalue weighted by molar-refractivity contribution is -0.0801. The molecule has 0 amide bonds. The van der Waals surface area contributed by atoms with Gasteiger partial charge in [-0.05, 0) is 0 Å². The first-order chi connectivity index (χ1) is 12.8. The van der Waals surface area contributed by atoms with Gasteiger partial charge in [-0.1, -0.05) is 0 Å². The zero-order valence-corrected chi connectivity index (χ0v) is 15.5. The van der Waals surface area contributed by atoms with Crippen LogP contribution in [0.3, 0.4) is 0 Å². The third-order valence-electron chi connectivity index (χ3n) is 4.22. The quantitative estimate of drug-likeness (QED) is 0.249. The van der Waals surface area contributed by atoms with Crippen LogP contribution in [0.15, 0.2) is 12.7 Å². The smallest absolute Gasteiger partial charge is 0.343 e. The Morgan fingerprint density at radius 1 is 1.18 bits per heavy atom. The SMILES string of the molecule is Nc1ncnc2c1ncn2[C@@H]1O[C@H](C(O)C(P(=O)(O)O)P(=O)(O)O)C(O)C1F. The molecule has 1 aliphatic heterocycles. The van der Waals surface area contributed by atoms with Crippen LogP contribution in [0.2, 0.25) is 0 Å². The molecule has 1 saturated heterocycles. The van der Waals surface area contributed by atoms with Crippen LogP contribution >= 0.6 is 15.2 Å². The van der Waals surface area contributed by atoms with Crippen molar-refractivity contribution < 1.29 is 48.0 Å². The molecule has 0 spiro atoms. The summed E-state index contributed by atoms with van der Waals surface area (Å²) < 4.78 is 43.7. The van der Waals surface area contributed by atoms with Gasteiger partial charge in [-0.25, -0.2) is 19.3 Å². The number of nitrogen functional groups attached to an aromatic ring is 1. The molecule has 2 aromatic rings. The van der Waals surface area contributed by atoms with Crippen LogP contribution in [-0.2, 0) is 13.9 Å². The van der Waals surface area contributed by atoms with E-state index in [4.69, 9.17) is 10.5 Å². The largest absolute Gasteiger partial charge is 0.389 e. The molecule has 0 radical (unpaired) electrons. The first-order valence-electron chi connectivity index (χ1n) is 7.53. The normalized spacial score (nSPS) is 27.6. The van der Waals surface area contributed by atoms with E-state index in [1.165, 1.54) is 0 Å². The molecular weight excluding hydrogens is 427 g/mol. The number of nitrogens with two attached hydrogens (primary N) is 1. The van der Waals surface area contributed by atoms with Gasteiger partial charge in [0.1, 0.15) is 30.2 Å². The number of hydrogen-bond donors (Lipinski definition) is 7. The summed E-state index contributed by atoms with van der Waals surface area (Å²) in [6.45, 7) is 0. The Morgan fingerprint density at radius 3 is 2.36 bits per heavy atom. The number of aromatic nitrogens is 4. The number of ether oxygens (including phenoxy) is 1. The minimum Gasteiger partial charge on any atom is -0.389 e. The van der Waals surface area contributed by atoms with Crippen molar-refractivity contribution in [3.8, 4) is 0 Å². The number of rotatable bonds is 5. The summed E-state index contributed by atoms with van der Waals surface area (Å²) in [5.41, 5.74) is 5.70. The molecule has 14 nitrogen and oxygen atoms in total. The number of anilines is 1. The molecule has 2 aromatic heterocycles. The second-order valence-corrected chi connectivity index (χ2v) is 9.97. The Balaban J connectivity index is 1.97. The Kier molecular flexibility index (Phi) is 5.34. The Labute approximate surface area is 155 Å². The zero-order chi connectivity index (χ0) is 21.0. The summed E-state index contributed by atoms with van der Waals surface area (Å²) in [5.74, 6) is -0.0302. The van der Waals surface area contributed by atoms with Gasteiger partial charge in [-0.3, -0.25) is 13.7 Å². The van der Waals surface area contributed by atoms with Crippen LogP contribution in [0.5, 0.6) is 0 Å². The van der Waals surface area contributed by atoms with Gasteiger partial charge in [0.25, 0.3) is 0 Å². The van der Waals surface area contributed by atoms with Crippen LogP contribution in [0, 0.1) is 0 Å². The predicted molar refractivity (Wildman–Crippen MR) is 88.4 cm³/mol. The van der Waals surface area contributed by atoms with Gasteiger partial charge < -0.3 is 40.3 Å². The van der Waals surface area contributed by atoms with E-state index in [9.17, 15) is 43.3 Å². The number of alkyl halides is 1. The molecule has 156 valence electrons. The van der Waals surface area contributed by atoms with Crippen LogP contribution in [-0.4, -0.2) is 79.2 Å². The van der Waals surface area contributed by atoms with Crippen LogP contribution in [0.25, 0.3) is 11.2 Å². The van der Waals surface area contributed by atoms with Crippen molar-refractivity contribution in [3.63, 3.8) is 0 Å². The van der Waals surface area contributed by atoms with E-state index in [2.05, 4.69) is 15.0 Å². The molecule has 0 bridgehead atoms. The van der Waals surface area contributed by atoms with Gasteiger partial charge in [0.15, 0.2) is 29.3 Å². The first kappa shape index (κ1) is 21.2. The third-order valence-corrected chi connectivity index (χ3v) is 8.02. The molecular formula is C11H16FN5O9P2. The number of halogens is 1. The first-order valence-corrected chi connectivity index (χ1v) is 10.9. The van der Waals surface area contributed by atoms with E-state index < -0.39 is 51.3 Å². The van der Waals surface area contributed by atoms with Gasteiger partial charge in [0.05, 0.1) is 6.33 Å². The van der Waals surface area contributed by atoms with Gasteiger partial charge >= 0.3 is 15.2 Å². The maximum atomic E-state index is 14.6. The van der Waals surface area contributed by atoms with E-state index in [-0.39, 0.29) is 17.0 Å². The fourth-order valence-corrected chi connectivity index (χ4v) is 5.69. The monoisotopic (exact) mass is 443 g/mol. The molecule has 3 unspecified atom stereocenters. The molecule has 0 aliphatic carbocycles. The Morgan fingerprint density at radius 2 is 1.79 bits per heavy atom. The summed E-state index contributed by atoms with van der Waals surface area (Å²) in [4.78, 5) is 48.2. The number of aliphatic hydroxyl groups is 2. The molecule has 5 atom stereocenters. The maximum absolute atomic E-state index is 14.6. The highest BCUT2D eigenvalue weighted by Crippen LogP contribution is 2.62. The molecule has 8 N–H and O–H groups in total. The van der Waals surface area contributed by atoms with E-state index in [0.717, 1.165) is 17.2 Å². The van der Waals surface area contributed by atoms with Crippen molar-refractivity contribution in [3.05, 3.63) is 12.7 Å². The fourth-order valence-electron chi connectivity index (χ4n) is 2.99. The third kappa shape index (κ3) is 3.56. The van der Waals surface area contributed by atoms with Gasteiger partial charge in [-0.15, -0.1) is 0 Å². The van der Waals surface area contributed by atoms with E-state index in [0.29, 0.717) is 0 Å². The second kappa shape index (κ2) is 7.06. The van der Waals surface area contributed by atoms with Crippen molar-refractivity contribution in [2.75, 3.05) is 5.73 Å². The molecule has 1 fully saturated rings. The Bertz CT molecular complexity index is 957. The van der Waals surface area contributed by atoms with E-state index in [1.807, 2.05) is 0 Å². The number of hydrogen-bond acceptors (Lipinski definition) is 9. The molecule has 0 aromatic carbocycles. The summed E-state index contributed by atoms with van der Waals surface area (Å²) in [6, 6.07) is 0. The lowest BCUT2D eigenvalue weighted by atomic mass is 10.1. The Hall–Kier alpha value is -1.54. The van der Waals surface area contributed by atoms with Gasteiger partial charge in [0.2, 0.25) is 0 Å². The second-order valence-electron chi connectivity index (χ2n) is 6.09. The zero-order valence-electron chi connectivity index (χ0n) is 13.7. The highest BCUT2D eigenvalue weighted by molar-refractivity contribution is 7.71. The molecule has 1 aliphatic rings. The van der Waals surface area contributed by atoms with Crippen molar-refractivity contribution in [1.82, 2.24) is 19.5 Å². The number of nitrogens with zero attached hydrogens (tertiary/aromatic N) is 4. The molecule has 17 heteroatoms.